The van der Waals surface area contributed by atoms with Crippen LogP contribution in [0.5, 0.6) is 0 Å². The van der Waals surface area contributed by atoms with Gasteiger partial charge >= 0.3 is 0 Å². The van der Waals surface area contributed by atoms with Crippen molar-refractivity contribution in [2.75, 3.05) is 13.7 Å². The highest BCUT2D eigenvalue weighted by molar-refractivity contribution is 5.77. The molecule has 1 heterocycles. The van der Waals surface area contributed by atoms with Gasteiger partial charge in [-0.15, -0.1) is 0 Å². The van der Waals surface area contributed by atoms with Gasteiger partial charge in [0.05, 0.1) is 19.1 Å². The van der Waals surface area contributed by atoms with Gasteiger partial charge in [-0.1, -0.05) is 37.3 Å². The van der Waals surface area contributed by atoms with Crippen molar-refractivity contribution in [2.24, 2.45) is 0 Å². The fraction of sp³-hybridized carbons (Fsp3) is 0.389. The molecule has 0 aliphatic rings. The third-order valence-electron chi connectivity index (χ3n) is 3.61. The Hall–Kier alpha value is -2.11. The molecule has 0 bridgehead atoms. The molecule has 2 atom stereocenters. The Bertz CT molecular complexity index is 608. The van der Waals surface area contributed by atoms with Crippen molar-refractivity contribution in [2.45, 2.75) is 31.9 Å². The highest BCUT2D eigenvalue weighted by Crippen LogP contribution is 2.20. The Balaban J connectivity index is 1.97. The standard InChI is InChI=1S/C18H23NO4/c1-3-14-9-10-17(23-14)15(12-22-2)19-18(21)11-16(20)13-7-5-4-6-8-13/h4-10,15-16,20H,3,11-12H2,1-2H3,(H,19,21). The van der Waals surface area contributed by atoms with E-state index in [1.165, 1.54) is 0 Å². The summed E-state index contributed by atoms with van der Waals surface area (Å²) in [6.45, 7) is 2.31. The number of aliphatic hydroxyl groups is 1. The molecule has 0 saturated carbocycles. The molecule has 5 heteroatoms. The lowest BCUT2D eigenvalue weighted by atomic mass is 10.1. The fourth-order valence-corrected chi connectivity index (χ4v) is 2.36. The van der Waals surface area contributed by atoms with Gasteiger partial charge in [0.15, 0.2) is 0 Å². The first kappa shape index (κ1) is 17.2. The van der Waals surface area contributed by atoms with E-state index in [0.717, 1.165) is 17.7 Å². The highest BCUT2D eigenvalue weighted by atomic mass is 16.5. The maximum absolute atomic E-state index is 12.2. The maximum Gasteiger partial charge on any atom is 0.223 e. The van der Waals surface area contributed by atoms with Crippen LogP contribution in [0.15, 0.2) is 46.9 Å². The molecule has 5 nitrogen and oxygen atoms in total. The van der Waals surface area contributed by atoms with E-state index in [2.05, 4.69) is 5.32 Å². The molecule has 0 radical (unpaired) electrons. The summed E-state index contributed by atoms with van der Waals surface area (Å²) in [5, 5.41) is 13.0. The average molecular weight is 317 g/mol. The van der Waals surface area contributed by atoms with Crippen LogP contribution in [-0.2, 0) is 16.0 Å². The van der Waals surface area contributed by atoms with Crippen molar-refractivity contribution in [3.8, 4) is 0 Å². The summed E-state index contributed by atoms with van der Waals surface area (Å²) >= 11 is 0. The topological polar surface area (TPSA) is 71.7 Å². The van der Waals surface area contributed by atoms with Crippen molar-refractivity contribution >= 4 is 5.91 Å². The number of rotatable bonds is 8. The van der Waals surface area contributed by atoms with Crippen LogP contribution in [0, 0.1) is 0 Å². The zero-order valence-electron chi connectivity index (χ0n) is 13.5. The number of hydrogen-bond donors (Lipinski definition) is 2. The largest absolute Gasteiger partial charge is 0.464 e. The number of carbonyl (C=O) groups excluding carboxylic acids is 1. The Morgan fingerprint density at radius 3 is 2.61 bits per heavy atom. The smallest absolute Gasteiger partial charge is 0.223 e. The summed E-state index contributed by atoms with van der Waals surface area (Å²) in [6, 6.07) is 12.5. The number of methoxy groups -OCH3 is 1. The van der Waals surface area contributed by atoms with E-state index in [1.807, 2.05) is 37.3 Å². The van der Waals surface area contributed by atoms with E-state index < -0.39 is 6.10 Å². The van der Waals surface area contributed by atoms with Crippen molar-refractivity contribution < 1.29 is 19.1 Å². The van der Waals surface area contributed by atoms with Crippen LogP contribution in [-0.4, -0.2) is 24.7 Å². The number of hydrogen-bond acceptors (Lipinski definition) is 4. The molecule has 2 unspecified atom stereocenters. The van der Waals surface area contributed by atoms with Gasteiger partial charge in [0.25, 0.3) is 0 Å². The van der Waals surface area contributed by atoms with E-state index >= 15 is 0 Å². The molecule has 2 aromatic rings. The van der Waals surface area contributed by atoms with Crippen molar-refractivity contribution in [1.82, 2.24) is 5.32 Å². The minimum absolute atomic E-state index is 0.00836. The molecular weight excluding hydrogens is 294 g/mol. The van der Waals surface area contributed by atoms with Crippen LogP contribution in [0.1, 0.15) is 42.6 Å². The third-order valence-corrected chi connectivity index (χ3v) is 3.61. The van der Waals surface area contributed by atoms with E-state index in [4.69, 9.17) is 9.15 Å². The van der Waals surface area contributed by atoms with Gasteiger partial charge in [-0.2, -0.15) is 0 Å². The SMILES string of the molecule is CCc1ccc(C(COC)NC(=O)CC(O)c2ccccc2)o1. The number of ether oxygens (including phenoxy) is 1. The summed E-state index contributed by atoms with van der Waals surface area (Å²) in [5.41, 5.74) is 0.720. The Kier molecular flexibility index (Phi) is 6.38. The predicted octanol–water partition coefficient (Wildman–Crippen LogP) is 2.77. The van der Waals surface area contributed by atoms with Crippen molar-refractivity contribution in [3.63, 3.8) is 0 Å². The minimum atomic E-state index is -0.831. The van der Waals surface area contributed by atoms with Gasteiger partial charge in [-0.25, -0.2) is 0 Å². The molecule has 0 fully saturated rings. The van der Waals surface area contributed by atoms with Crippen molar-refractivity contribution in [3.05, 3.63) is 59.5 Å². The lowest BCUT2D eigenvalue weighted by Crippen LogP contribution is -2.32. The molecule has 0 aliphatic heterocycles. The summed E-state index contributed by atoms with van der Waals surface area (Å²) in [4.78, 5) is 12.2. The summed E-state index contributed by atoms with van der Waals surface area (Å²) < 4.78 is 10.8. The molecule has 124 valence electrons. The first-order valence-electron chi connectivity index (χ1n) is 7.74. The lowest BCUT2D eigenvalue weighted by Gasteiger charge is -2.17. The van der Waals surface area contributed by atoms with E-state index in [1.54, 1.807) is 19.2 Å². The molecule has 1 aromatic carbocycles. The zero-order chi connectivity index (χ0) is 16.7. The highest BCUT2D eigenvalue weighted by Gasteiger charge is 2.20. The number of nitrogens with one attached hydrogen (secondary N) is 1. The normalized spacial score (nSPS) is 13.5. The van der Waals surface area contributed by atoms with E-state index in [9.17, 15) is 9.90 Å². The Morgan fingerprint density at radius 1 is 1.26 bits per heavy atom. The maximum atomic E-state index is 12.2. The number of carbonyl (C=O) groups is 1. The van der Waals surface area contributed by atoms with Crippen LogP contribution in [0.25, 0.3) is 0 Å². The monoisotopic (exact) mass is 317 g/mol. The quantitative estimate of drug-likeness (QED) is 0.785. The molecule has 0 aliphatic carbocycles. The number of aliphatic hydroxyl groups excluding tert-OH is 1. The van der Waals surface area contributed by atoms with Crippen molar-refractivity contribution in [1.29, 1.82) is 0 Å². The predicted molar refractivity (Wildman–Crippen MR) is 86.9 cm³/mol. The molecule has 2 N–H and O–H groups in total. The van der Waals surface area contributed by atoms with Gasteiger partial charge in [0.1, 0.15) is 17.6 Å². The minimum Gasteiger partial charge on any atom is -0.464 e. The van der Waals surface area contributed by atoms with Crippen LogP contribution in [0.4, 0.5) is 0 Å². The molecule has 0 spiro atoms. The number of benzene rings is 1. The van der Waals surface area contributed by atoms with E-state index in [0.29, 0.717) is 12.4 Å². The molecule has 1 aromatic heterocycles. The number of amides is 1. The van der Waals surface area contributed by atoms with Gasteiger partial charge in [0.2, 0.25) is 5.91 Å². The Morgan fingerprint density at radius 2 is 2.00 bits per heavy atom. The van der Waals surface area contributed by atoms with Gasteiger partial charge in [-0.3, -0.25) is 4.79 Å². The molecule has 2 rings (SSSR count). The van der Waals surface area contributed by atoms with E-state index in [-0.39, 0.29) is 18.4 Å². The van der Waals surface area contributed by atoms with Crippen LogP contribution < -0.4 is 5.32 Å². The Labute approximate surface area is 136 Å². The van der Waals surface area contributed by atoms with Gasteiger partial charge in [-0.05, 0) is 17.7 Å². The number of furan rings is 1. The molecule has 1 amide bonds. The van der Waals surface area contributed by atoms with Crippen LogP contribution in [0.2, 0.25) is 0 Å². The molecule has 23 heavy (non-hydrogen) atoms. The van der Waals surface area contributed by atoms with Gasteiger partial charge in [0, 0.05) is 13.5 Å². The van der Waals surface area contributed by atoms with Gasteiger partial charge < -0.3 is 19.6 Å². The first-order chi connectivity index (χ1) is 11.1. The summed E-state index contributed by atoms with van der Waals surface area (Å²) in [5.74, 6) is 1.27. The second kappa shape index (κ2) is 8.50. The average Bonchev–Trinajstić information content (AvgIpc) is 3.04. The third kappa shape index (κ3) is 4.94. The second-order valence-electron chi connectivity index (χ2n) is 5.36. The van der Waals surface area contributed by atoms with Crippen LogP contribution in [0.3, 0.4) is 0 Å². The zero-order valence-corrected chi connectivity index (χ0v) is 13.5. The molecular formula is C18H23NO4. The lowest BCUT2D eigenvalue weighted by molar-refractivity contribution is -0.124. The number of aryl methyl sites for hydroxylation is 1. The summed E-state index contributed by atoms with van der Waals surface area (Å²) in [7, 11) is 1.57. The first-order valence-corrected chi connectivity index (χ1v) is 7.74. The fourth-order valence-electron chi connectivity index (χ4n) is 2.36. The summed E-state index contributed by atoms with van der Waals surface area (Å²) in [6.07, 6.45) is -0.0476. The second-order valence-corrected chi connectivity index (χ2v) is 5.36. The van der Waals surface area contributed by atoms with Crippen LogP contribution >= 0.6 is 0 Å². The molecule has 0 saturated heterocycles.